The summed E-state index contributed by atoms with van der Waals surface area (Å²) in [5.74, 6) is -0.459. The van der Waals surface area contributed by atoms with Crippen molar-refractivity contribution < 1.29 is 23.8 Å². The number of rotatable bonds is 7. The molecule has 2 unspecified atom stereocenters. The Hall–Kier alpha value is -1.76. The Morgan fingerprint density at radius 2 is 1.85 bits per heavy atom. The Kier molecular flexibility index (Phi) is 8.40. The van der Waals surface area contributed by atoms with Gasteiger partial charge in [-0.2, -0.15) is 0 Å². The molecule has 7 heteroatoms. The van der Waals surface area contributed by atoms with Gasteiger partial charge in [0.25, 0.3) is 0 Å². The summed E-state index contributed by atoms with van der Waals surface area (Å²) in [5, 5.41) is 2.82. The van der Waals surface area contributed by atoms with Gasteiger partial charge in [0, 0.05) is 18.2 Å². The fraction of sp³-hybridized carbons (Fsp3) is 0.789. The fourth-order valence-electron chi connectivity index (χ4n) is 2.87. The van der Waals surface area contributed by atoms with Gasteiger partial charge in [-0.05, 0) is 47.0 Å². The largest absolute Gasteiger partial charge is 0.463 e. The standard InChI is InChI=1S/C19H34N2O5/c1-7-13(8-2)25-15-11-12(21-18(23)26-19(4,5)6)10-14(16(15)20)17(22)24-9-3/h12-13,15H,7-11,20H2,1-6H3,(H,21,23). The molecule has 3 N–H and O–H groups in total. The lowest BCUT2D eigenvalue weighted by Gasteiger charge is -2.34. The summed E-state index contributed by atoms with van der Waals surface area (Å²) in [5.41, 5.74) is 6.39. The molecule has 0 aromatic carbocycles. The Bertz CT molecular complexity index is 521. The highest BCUT2D eigenvalue weighted by Crippen LogP contribution is 2.28. The first-order valence-corrected chi connectivity index (χ1v) is 9.41. The quantitative estimate of drug-likeness (QED) is 0.668. The van der Waals surface area contributed by atoms with Crippen molar-refractivity contribution in [1.82, 2.24) is 5.32 Å². The number of hydrogen-bond donors (Lipinski definition) is 2. The summed E-state index contributed by atoms with van der Waals surface area (Å²) >= 11 is 0. The zero-order chi connectivity index (χ0) is 19.9. The van der Waals surface area contributed by atoms with Gasteiger partial charge in [0.2, 0.25) is 0 Å². The van der Waals surface area contributed by atoms with E-state index in [1.165, 1.54) is 0 Å². The van der Waals surface area contributed by atoms with Crippen molar-refractivity contribution in [2.24, 2.45) is 5.73 Å². The molecule has 1 rings (SSSR count). The van der Waals surface area contributed by atoms with Crippen LogP contribution in [0.1, 0.15) is 67.2 Å². The fourth-order valence-corrected chi connectivity index (χ4v) is 2.87. The van der Waals surface area contributed by atoms with E-state index in [0.717, 1.165) is 12.8 Å². The van der Waals surface area contributed by atoms with Gasteiger partial charge in [-0.3, -0.25) is 0 Å². The van der Waals surface area contributed by atoms with E-state index in [1.54, 1.807) is 27.7 Å². The van der Waals surface area contributed by atoms with E-state index in [1.807, 2.05) is 13.8 Å². The molecular formula is C19H34N2O5. The first-order chi connectivity index (χ1) is 12.1. The molecule has 1 aliphatic carbocycles. The Morgan fingerprint density at radius 3 is 2.35 bits per heavy atom. The second-order valence-corrected chi connectivity index (χ2v) is 7.50. The molecule has 1 aliphatic rings. The monoisotopic (exact) mass is 370 g/mol. The molecule has 26 heavy (non-hydrogen) atoms. The number of amides is 1. The summed E-state index contributed by atoms with van der Waals surface area (Å²) in [6.07, 6.45) is 1.57. The van der Waals surface area contributed by atoms with Gasteiger partial charge in [-0.15, -0.1) is 0 Å². The molecule has 0 aromatic heterocycles. The number of nitrogens with two attached hydrogens (primary N) is 1. The van der Waals surface area contributed by atoms with Crippen molar-refractivity contribution in [3.8, 4) is 0 Å². The van der Waals surface area contributed by atoms with Crippen molar-refractivity contribution in [2.75, 3.05) is 6.61 Å². The first kappa shape index (κ1) is 22.3. The molecule has 0 aliphatic heterocycles. The van der Waals surface area contributed by atoms with Crippen LogP contribution in [0.4, 0.5) is 4.79 Å². The smallest absolute Gasteiger partial charge is 0.407 e. The number of carbonyl (C=O) groups excluding carboxylic acids is 2. The van der Waals surface area contributed by atoms with Crippen molar-refractivity contribution >= 4 is 12.1 Å². The van der Waals surface area contributed by atoms with Crippen LogP contribution in [0.15, 0.2) is 11.3 Å². The number of esters is 1. The summed E-state index contributed by atoms with van der Waals surface area (Å²) in [6.45, 7) is 11.5. The lowest BCUT2D eigenvalue weighted by molar-refractivity contribution is -0.139. The number of ether oxygens (including phenoxy) is 3. The number of alkyl carbamates (subject to hydrolysis) is 1. The molecule has 0 bridgehead atoms. The second-order valence-electron chi connectivity index (χ2n) is 7.50. The van der Waals surface area contributed by atoms with E-state index in [-0.39, 0.29) is 18.8 Å². The van der Waals surface area contributed by atoms with Gasteiger partial charge in [0.05, 0.1) is 24.4 Å². The third-order valence-corrected chi connectivity index (χ3v) is 4.15. The van der Waals surface area contributed by atoms with Gasteiger partial charge < -0.3 is 25.3 Å². The minimum Gasteiger partial charge on any atom is -0.463 e. The van der Waals surface area contributed by atoms with Gasteiger partial charge in [-0.1, -0.05) is 13.8 Å². The van der Waals surface area contributed by atoms with Crippen molar-refractivity contribution in [3.05, 3.63) is 11.3 Å². The molecule has 1 amide bonds. The van der Waals surface area contributed by atoms with Gasteiger partial charge in [-0.25, -0.2) is 9.59 Å². The molecule has 2 atom stereocenters. The molecular weight excluding hydrogens is 336 g/mol. The predicted molar refractivity (Wildman–Crippen MR) is 99.5 cm³/mol. The highest BCUT2D eigenvalue weighted by Gasteiger charge is 2.34. The van der Waals surface area contributed by atoms with Crippen molar-refractivity contribution in [3.63, 3.8) is 0 Å². The summed E-state index contributed by atoms with van der Waals surface area (Å²) in [6, 6.07) is -0.309. The normalized spacial score (nSPS) is 20.9. The number of hydrogen-bond acceptors (Lipinski definition) is 6. The van der Waals surface area contributed by atoms with Crippen molar-refractivity contribution in [1.29, 1.82) is 0 Å². The lowest BCUT2D eigenvalue weighted by Crippen LogP contribution is -2.46. The van der Waals surface area contributed by atoms with Crippen LogP contribution in [0.5, 0.6) is 0 Å². The zero-order valence-corrected chi connectivity index (χ0v) is 16.9. The van der Waals surface area contributed by atoms with Gasteiger partial charge in [0.15, 0.2) is 0 Å². The number of nitrogens with one attached hydrogen (secondary N) is 1. The van der Waals surface area contributed by atoms with Crippen LogP contribution in [0.2, 0.25) is 0 Å². The first-order valence-electron chi connectivity index (χ1n) is 9.41. The SMILES string of the molecule is CCOC(=O)C1=C(N)C(OC(CC)CC)CC(NC(=O)OC(C)(C)C)C1. The third-order valence-electron chi connectivity index (χ3n) is 4.15. The van der Waals surface area contributed by atoms with E-state index in [2.05, 4.69) is 5.32 Å². The predicted octanol–water partition coefficient (Wildman–Crippen LogP) is 3.02. The molecule has 0 heterocycles. The lowest BCUT2D eigenvalue weighted by atomic mass is 9.89. The average molecular weight is 370 g/mol. The molecule has 0 radical (unpaired) electrons. The minimum atomic E-state index is -0.594. The maximum Gasteiger partial charge on any atom is 0.407 e. The molecule has 0 fully saturated rings. The van der Waals surface area contributed by atoms with Gasteiger partial charge in [0.1, 0.15) is 5.60 Å². The molecule has 0 saturated carbocycles. The Labute approximate surface area is 156 Å². The molecule has 0 spiro atoms. The highest BCUT2D eigenvalue weighted by molar-refractivity contribution is 5.90. The summed E-state index contributed by atoms with van der Waals surface area (Å²) in [7, 11) is 0. The van der Waals surface area contributed by atoms with Crippen LogP contribution < -0.4 is 11.1 Å². The van der Waals surface area contributed by atoms with Crippen LogP contribution in [0.25, 0.3) is 0 Å². The molecule has 0 aromatic rings. The highest BCUT2D eigenvalue weighted by atomic mass is 16.6. The van der Waals surface area contributed by atoms with E-state index < -0.39 is 23.8 Å². The van der Waals surface area contributed by atoms with Crippen LogP contribution in [-0.2, 0) is 19.0 Å². The van der Waals surface area contributed by atoms with E-state index in [4.69, 9.17) is 19.9 Å². The second kappa shape index (κ2) is 9.80. The summed E-state index contributed by atoms with van der Waals surface area (Å²) in [4.78, 5) is 24.4. The average Bonchev–Trinajstić information content (AvgIpc) is 2.53. The topological polar surface area (TPSA) is 99.9 Å². The zero-order valence-electron chi connectivity index (χ0n) is 16.9. The van der Waals surface area contributed by atoms with Crippen molar-refractivity contribution in [2.45, 2.75) is 91.1 Å². The minimum absolute atomic E-state index is 0.0438. The van der Waals surface area contributed by atoms with E-state index in [0.29, 0.717) is 24.1 Å². The Balaban J connectivity index is 2.96. The van der Waals surface area contributed by atoms with E-state index in [9.17, 15) is 9.59 Å². The van der Waals surface area contributed by atoms with Crippen LogP contribution >= 0.6 is 0 Å². The molecule has 150 valence electrons. The van der Waals surface area contributed by atoms with Gasteiger partial charge >= 0.3 is 12.1 Å². The summed E-state index contributed by atoms with van der Waals surface area (Å²) < 4.78 is 16.5. The maximum absolute atomic E-state index is 12.3. The maximum atomic E-state index is 12.3. The Morgan fingerprint density at radius 1 is 1.23 bits per heavy atom. The molecule has 7 nitrogen and oxygen atoms in total. The van der Waals surface area contributed by atoms with Crippen LogP contribution in [0, 0.1) is 0 Å². The third kappa shape index (κ3) is 6.86. The number of carbonyl (C=O) groups is 2. The molecule has 0 saturated heterocycles. The van der Waals surface area contributed by atoms with E-state index >= 15 is 0 Å². The van der Waals surface area contributed by atoms with Crippen LogP contribution in [0.3, 0.4) is 0 Å². The van der Waals surface area contributed by atoms with Crippen LogP contribution in [-0.4, -0.2) is 42.5 Å².